The van der Waals surface area contributed by atoms with Crippen LogP contribution in [0.2, 0.25) is 0 Å². The van der Waals surface area contributed by atoms with Crippen LogP contribution < -0.4 is 5.32 Å². The Morgan fingerprint density at radius 1 is 1.20 bits per heavy atom. The lowest BCUT2D eigenvalue weighted by Crippen LogP contribution is -2.45. The van der Waals surface area contributed by atoms with Gasteiger partial charge in [-0.2, -0.15) is 0 Å². The largest absolute Gasteiger partial charge is 0.316 e. The van der Waals surface area contributed by atoms with E-state index in [1.54, 1.807) is 12.1 Å². The van der Waals surface area contributed by atoms with E-state index in [2.05, 4.69) is 5.32 Å². The van der Waals surface area contributed by atoms with Crippen molar-refractivity contribution in [1.29, 1.82) is 0 Å². The van der Waals surface area contributed by atoms with Crippen molar-refractivity contribution >= 4 is 9.84 Å². The predicted molar refractivity (Wildman–Crippen MR) is 57.6 cm³/mol. The molecule has 1 unspecified atom stereocenters. The summed E-state index contributed by atoms with van der Waals surface area (Å²) in [6.45, 7) is 1.91. The highest BCUT2D eigenvalue weighted by Gasteiger charge is 2.40. The monoisotopic (exact) mass is 223 g/mol. The van der Waals surface area contributed by atoms with Crippen LogP contribution in [0.1, 0.15) is 11.5 Å². The average Bonchev–Trinajstić information content (AvgIpc) is 2.38. The molecular formula is C11H13NO2S. The average molecular weight is 223 g/mol. The van der Waals surface area contributed by atoms with Crippen molar-refractivity contribution in [3.8, 4) is 0 Å². The van der Waals surface area contributed by atoms with Crippen LogP contribution in [-0.2, 0) is 9.84 Å². The first-order valence-electron chi connectivity index (χ1n) is 5.21. The van der Waals surface area contributed by atoms with Crippen LogP contribution in [0.4, 0.5) is 0 Å². The summed E-state index contributed by atoms with van der Waals surface area (Å²) >= 11 is 0. The minimum Gasteiger partial charge on any atom is -0.316 e. The van der Waals surface area contributed by atoms with Crippen molar-refractivity contribution in [2.24, 2.45) is 5.92 Å². The molecule has 0 aromatic heterocycles. The number of hydrogen-bond acceptors (Lipinski definition) is 3. The zero-order valence-corrected chi connectivity index (χ0v) is 9.13. The second-order valence-electron chi connectivity index (χ2n) is 4.34. The smallest absolute Gasteiger partial charge is 0.179 e. The van der Waals surface area contributed by atoms with E-state index in [1.807, 2.05) is 12.1 Å². The van der Waals surface area contributed by atoms with Gasteiger partial charge in [0.05, 0.1) is 10.6 Å². The third-order valence-electron chi connectivity index (χ3n) is 3.43. The Morgan fingerprint density at radius 2 is 1.93 bits per heavy atom. The van der Waals surface area contributed by atoms with Gasteiger partial charge in [-0.25, -0.2) is 8.42 Å². The van der Waals surface area contributed by atoms with Crippen LogP contribution in [0.25, 0.3) is 0 Å². The van der Waals surface area contributed by atoms with Gasteiger partial charge >= 0.3 is 0 Å². The SMILES string of the molecule is O=S1(=O)CC(C2CNC2)c2ccccc21. The molecule has 15 heavy (non-hydrogen) atoms. The predicted octanol–water partition coefficient (Wildman–Crippen LogP) is 0.777. The summed E-state index contributed by atoms with van der Waals surface area (Å²) in [6, 6.07) is 7.43. The van der Waals surface area contributed by atoms with Crippen molar-refractivity contribution in [1.82, 2.24) is 5.32 Å². The Hall–Kier alpha value is -0.870. The normalized spacial score (nSPS) is 28.4. The quantitative estimate of drug-likeness (QED) is 0.765. The summed E-state index contributed by atoms with van der Waals surface area (Å²) < 4.78 is 23.8. The van der Waals surface area contributed by atoms with Crippen molar-refractivity contribution in [2.45, 2.75) is 10.8 Å². The van der Waals surface area contributed by atoms with E-state index in [4.69, 9.17) is 0 Å². The Kier molecular flexibility index (Phi) is 1.91. The van der Waals surface area contributed by atoms with Crippen LogP contribution in [0.5, 0.6) is 0 Å². The van der Waals surface area contributed by atoms with Gasteiger partial charge in [0.1, 0.15) is 0 Å². The third-order valence-corrected chi connectivity index (χ3v) is 5.27. The minimum atomic E-state index is -3.00. The molecule has 1 N–H and O–H groups in total. The van der Waals surface area contributed by atoms with Gasteiger partial charge in [-0.15, -0.1) is 0 Å². The fraction of sp³-hybridized carbons (Fsp3) is 0.455. The van der Waals surface area contributed by atoms with Gasteiger partial charge in [-0.05, 0) is 30.6 Å². The van der Waals surface area contributed by atoms with E-state index in [9.17, 15) is 8.42 Å². The molecule has 0 aliphatic carbocycles. The van der Waals surface area contributed by atoms with Crippen molar-refractivity contribution in [3.05, 3.63) is 29.8 Å². The van der Waals surface area contributed by atoms with E-state index < -0.39 is 9.84 Å². The molecule has 2 aliphatic rings. The summed E-state index contributed by atoms with van der Waals surface area (Å²) in [6.07, 6.45) is 0. The molecule has 0 bridgehead atoms. The second-order valence-corrected chi connectivity index (χ2v) is 6.35. The lowest BCUT2D eigenvalue weighted by Gasteiger charge is -2.32. The molecule has 0 spiro atoms. The standard InChI is InChI=1S/C11H13NO2S/c13-15(14)7-10(8-5-12-6-8)9-3-1-2-4-11(9)15/h1-4,8,10,12H,5-7H2. The zero-order chi connectivity index (χ0) is 10.5. The first kappa shape index (κ1) is 9.36. The summed E-state index contributed by atoms with van der Waals surface area (Å²) in [5, 5.41) is 3.20. The molecule has 4 heteroatoms. The first-order valence-corrected chi connectivity index (χ1v) is 6.86. The molecular weight excluding hydrogens is 210 g/mol. The van der Waals surface area contributed by atoms with Gasteiger partial charge in [0, 0.05) is 5.92 Å². The van der Waals surface area contributed by atoms with Crippen molar-refractivity contribution < 1.29 is 8.42 Å². The molecule has 80 valence electrons. The highest BCUT2D eigenvalue weighted by molar-refractivity contribution is 7.91. The molecule has 0 radical (unpaired) electrons. The van der Waals surface area contributed by atoms with Crippen LogP contribution in [0.15, 0.2) is 29.2 Å². The van der Waals surface area contributed by atoms with Gasteiger partial charge in [-0.3, -0.25) is 0 Å². The molecule has 0 amide bonds. The number of fused-ring (bicyclic) bond motifs is 1. The number of rotatable bonds is 1. The molecule has 1 fully saturated rings. The molecule has 2 heterocycles. The summed E-state index contributed by atoms with van der Waals surface area (Å²) in [5.74, 6) is 1.02. The van der Waals surface area contributed by atoms with E-state index in [0.717, 1.165) is 18.7 Å². The molecule has 3 rings (SSSR count). The molecule has 1 saturated heterocycles. The zero-order valence-electron chi connectivity index (χ0n) is 8.31. The highest BCUT2D eigenvalue weighted by Crippen LogP contribution is 2.40. The molecule has 1 aromatic rings. The Balaban J connectivity index is 2.09. The van der Waals surface area contributed by atoms with E-state index in [-0.39, 0.29) is 5.92 Å². The lowest BCUT2D eigenvalue weighted by atomic mass is 9.84. The number of benzene rings is 1. The molecule has 3 nitrogen and oxygen atoms in total. The van der Waals surface area contributed by atoms with Gasteiger partial charge in [0.15, 0.2) is 9.84 Å². The lowest BCUT2D eigenvalue weighted by molar-refractivity contribution is 0.305. The van der Waals surface area contributed by atoms with E-state index in [0.29, 0.717) is 16.6 Å². The van der Waals surface area contributed by atoms with Gasteiger partial charge in [0.25, 0.3) is 0 Å². The molecule has 1 aromatic carbocycles. The van der Waals surface area contributed by atoms with Gasteiger partial charge in [-0.1, -0.05) is 18.2 Å². The fourth-order valence-corrected chi connectivity index (χ4v) is 4.44. The van der Waals surface area contributed by atoms with Gasteiger partial charge < -0.3 is 5.32 Å². The summed E-state index contributed by atoms with van der Waals surface area (Å²) in [5.41, 5.74) is 1.03. The fourth-order valence-electron chi connectivity index (χ4n) is 2.47. The Labute approximate surface area is 89.4 Å². The second kappa shape index (κ2) is 3.06. The van der Waals surface area contributed by atoms with Crippen molar-refractivity contribution in [2.75, 3.05) is 18.8 Å². The maximum Gasteiger partial charge on any atom is 0.179 e. The topological polar surface area (TPSA) is 46.2 Å². The maximum absolute atomic E-state index is 11.9. The summed E-state index contributed by atoms with van der Waals surface area (Å²) in [4.78, 5) is 0.557. The third kappa shape index (κ3) is 1.32. The first-order chi connectivity index (χ1) is 7.18. The molecule has 0 saturated carbocycles. The molecule has 2 aliphatic heterocycles. The number of sulfone groups is 1. The van der Waals surface area contributed by atoms with Crippen LogP contribution >= 0.6 is 0 Å². The van der Waals surface area contributed by atoms with E-state index in [1.165, 1.54) is 0 Å². The van der Waals surface area contributed by atoms with Gasteiger partial charge in [0.2, 0.25) is 0 Å². The maximum atomic E-state index is 11.9. The van der Waals surface area contributed by atoms with Crippen LogP contribution in [-0.4, -0.2) is 27.3 Å². The minimum absolute atomic E-state index is 0.215. The summed E-state index contributed by atoms with van der Waals surface area (Å²) in [7, 11) is -3.00. The number of nitrogens with one attached hydrogen (secondary N) is 1. The van der Waals surface area contributed by atoms with Crippen LogP contribution in [0, 0.1) is 5.92 Å². The van der Waals surface area contributed by atoms with Crippen LogP contribution in [0.3, 0.4) is 0 Å². The molecule has 1 atom stereocenters. The van der Waals surface area contributed by atoms with E-state index >= 15 is 0 Å². The highest BCUT2D eigenvalue weighted by atomic mass is 32.2. The Bertz CT molecular complexity index is 491. The van der Waals surface area contributed by atoms with Crippen molar-refractivity contribution in [3.63, 3.8) is 0 Å². The Morgan fingerprint density at radius 3 is 2.60 bits per heavy atom. The number of hydrogen-bond donors (Lipinski definition) is 1.